The molecule has 0 fully saturated rings. The van der Waals surface area contributed by atoms with E-state index in [2.05, 4.69) is 22.3 Å². The molecule has 0 aromatic heterocycles. The molecule has 0 aliphatic carbocycles. The lowest BCUT2D eigenvalue weighted by Crippen LogP contribution is -2.42. The second-order valence-corrected chi connectivity index (χ2v) is 6.52. The van der Waals surface area contributed by atoms with E-state index in [0.717, 1.165) is 11.5 Å². The molecule has 0 radical (unpaired) electrons. The molecule has 1 atom stereocenters. The van der Waals surface area contributed by atoms with Crippen molar-refractivity contribution in [1.82, 2.24) is 15.1 Å². The molecule has 1 N–H and O–H groups in total. The van der Waals surface area contributed by atoms with Crippen LogP contribution >= 0.6 is 0 Å². The van der Waals surface area contributed by atoms with Crippen LogP contribution in [0.25, 0.3) is 0 Å². The van der Waals surface area contributed by atoms with Crippen molar-refractivity contribution in [3.8, 4) is 11.5 Å². The Labute approximate surface area is 161 Å². The summed E-state index contributed by atoms with van der Waals surface area (Å²) in [7, 11) is 7.41. The number of rotatable bonds is 9. The summed E-state index contributed by atoms with van der Waals surface area (Å²) >= 11 is 0. The topological polar surface area (TPSA) is 54.0 Å². The van der Waals surface area contributed by atoms with E-state index < -0.39 is 0 Å². The normalized spacial score (nSPS) is 11.7. The highest BCUT2D eigenvalue weighted by molar-refractivity contribution is 5.73. The fourth-order valence-corrected chi connectivity index (χ4v) is 2.67. The number of carbonyl (C=O) groups is 1. The molecular formula is C21H29N3O3. The van der Waals surface area contributed by atoms with Gasteiger partial charge in [0, 0.05) is 13.6 Å². The Morgan fingerprint density at radius 1 is 1.00 bits per heavy atom. The first-order valence-electron chi connectivity index (χ1n) is 8.98. The number of hydrogen-bond donors (Lipinski definition) is 1. The highest BCUT2D eigenvalue weighted by Crippen LogP contribution is 2.17. The highest BCUT2D eigenvalue weighted by atomic mass is 16.5. The van der Waals surface area contributed by atoms with E-state index in [1.807, 2.05) is 56.6 Å². The van der Waals surface area contributed by atoms with Crippen LogP contribution in [0.15, 0.2) is 54.6 Å². The third-order valence-electron chi connectivity index (χ3n) is 4.36. The fraction of sp³-hybridized carbons (Fsp3) is 0.381. The van der Waals surface area contributed by atoms with Gasteiger partial charge in [0.2, 0.25) is 0 Å². The van der Waals surface area contributed by atoms with Crippen molar-refractivity contribution in [1.29, 1.82) is 0 Å². The first-order valence-corrected chi connectivity index (χ1v) is 8.98. The van der Waals surface area contributed by atoms with Crippen molar-refractivity contribution >= 4 is 6.03 Å². The first kappa shape index (κ1) is 20.6. The molecule has 146 valence electrons. The summed E-state index contributed by atoms with van der Waals surface area (Å²) in [5, 5.41) is 3.00. The molecule has 6 heteroatoms. The van der Waals surface area contributed by atoms with Gasteiger partial charge in [0.1, 0.15) is 18.1 Å². The summed E-state index contributed by atoms with van der Waals surface area (Å²) in [4.78, 5) is 16.1. The molecule has 0 aliphatic rings. The van der Waals surface area contributed by atoms with Gasteiger partial charge < -0.3 is 24.6 Å². The molecule has 0 aliphatic heterocycles. The van der Waals surface area contributed by atoms with Gasteiger partial charge in [0.15, 0.2) is 0 Å². The van der Waals surface area contributed by atoms with Gasteiger partial charge in [-0.25, -0.2) is 4.79 Å². The molecule has 2 rings (SSSR count). The molecular weight excluding hydrogens is 342 g/mol. The molecule has 0 saturated heterocycles. The molecule has 6 nitrogen and oxygen atoms in total. The van der Waals surface area contributed by atoms with E-state index >= 15 is 0 Å². The minimum Gasteiger partial charge on any atom is -0.497 e. The van der Waals surface area contributed by atoms with Crippen LogP contribution in [0, 0.1) is 0 Å². The van der Waals surface area contributed by atoms with E-state index in [4.69, 9.17) is 9.47 Å². The summed E-state index contributed by atoms with van der Waals surface area (Å²) in [5.41, 5.74) is 1.17. The minimum atomic E-state index is -0.115. The van der Waals surface area contributed by atoms with Gasteiger partial charge >= 0.3 is 6.03 Å². The third kappa shape index (κ3) is 6.49. The number of nitrogens with one attached hydrogen (secondary N) is 1. The standard InChI is InChI=1S/C21H29N3O3/c1-23(2)20(17-8-6-5-7-9-17)16-22-21(25)24(3)14-15-27-19-12-10-18(26-4)11-13-19/h5-13,20H,14-16H2,1-4H3,(H,22,25). The van der Waals surface area contributed by atoms with Crippen molar-refractivity contribution < 1.29 is 14.3 Å². The molecule has 2 aromatic carbocycles. The maximum absolute atomic E-state index is 12.4. The summed E-state index contributed by atoms with van der Waals surface area (Å²) in [6.07, 6.45) is 0. The van der Waals surface area contributed by atoms with Crippen LogP contribution in [0.5, 0.6) is 11.5 Å². The fourth-order valence-electron chi connectivity index (χ4n) is 2.67. The number of methoxy groups -OCH3 is 1. The predicted molar refractivity (Wildman–Crippen MR) is 107 cm³/mol. The van der Waals surface area contributed by atoms with Crippen LogP contribution in [0.1, 0.15) is 11.6 Å². The van der Waals surface area contributed by atoms with Crippen LogP contribution in [0.4, 0.5) is 4.79 Å². The van der Waals surface area contributed by atoms with Gasteiger partial charge in [-0.05, 0) is 43.9 Å². The molecule has 2 amide bonds. The maximum Gasteiger partial charge on any atom is 0.317 e. The average Bonchev–Trinajstić information content (AvgIpc) is 2.69. The largest absolute Gasteiger partial charge is 0.497 e. The highest BCUT2D eigenvalue weighted by Gasteiger charge is 2.16. The summed E-state index contributed by atoms with van der Waals surface area (Å²) in [6.45, 7) is 1.46. The van der Waals surface area contributed by atoms with E-state index in [0.29, 0.717) is 19.7 Å². The number of carbonyl (C=O) groups excluding carboxylic acids is 1. The number of urea groups is 1. The Balaban J connectivity index is 1.77. The number of ether oxygens (including phenoxy) is 2. The molecule has 0 spiro atoms. The summed E-state index contributed by atoms with van der Waals surface area (Å²) in [6, 6.07) is 17.5. The Morgan fingerprint density at radius 3 is 2.22 bits per heavy atom. The van der Waals surface area contributed by atoms with E-state index in [9.17, 15) is 4.79 Å². The maximum atomic E-state index is 12.4. The van der Waals surface area contributed by atoms with Crippen molar-refractivity contribution in [3.63, 3.8) is 0 Å². The Kier molecular flexibility index (Phi) is 7.95. The zero-order valence-electron chi connectivity index (χ0n) is 16.5. The van der Waals surface area contributed by atoms with Crippen LogP contribution in [-0.4, -0.2) is 63.8 Å². The molecule has 2 aromatic rings. The Hall–Kier alpha value is -2.73. The monoisotopic (exact) mass is 371 g/mol. The molecule has 1 unspecified atom stereocenters. The Morgan fingerprint density at radius 2 is 1.63 bits per heavy atom. The van der Waals surface area contributed by atoms with Gasteiger partial charge in [-0.2, -0.15) is 0 Å². The molecule has 27 heavy (non-hydrogen) atoms. The smallest absolute Gasteiger partial charge is 0.317 e. The van der Waals surface area contributed by atoms with Crippen molar-refractivity contribution in [2.45, 2.75) is 6.04 Å². The number of amides is 2. The van der Waals surface area contributed by atoms with E-state index in [1.54, 1.807) is 19.1 Å². The lowest BCUT2D eigenvalue weighted by atomic mass is 10.1. The number of likely N-dealkylation sites (N-methyl/N-ethyl adjacent to an activating group) is 2. The number of benzene rings is 2. The van der Waals surface area contributed by atoms with Crippen LogP contribution in [-0.2, 0) is 0 Å². The third-order valence-corrected chi connectivity index (χ3v) is 4.36. The van der Waals surface area contributed by atoms with Crippen LogP contribution in [0.2, 0.25) is 0 Å². The molecule has 0 bridgehead atoms. The van der Waals surface area contributed by atoms with Crippen molar-refractivity contribution in [2.75, 3.05) is 47.9 Å². The van der Waals surface area contributed by atoms with Gasteiger partial charge in [-0.15, -0.1) is 0 Å². The lowest BCUT2D eigenvalue weighted by molar-refractivity contribution is 0.190. The second-order valence-electron chi connectivity index (χ2n) is 6.52. The van der Waals surface area contributed by atoms with Gasteiger partial charge in [-0.3, -0.25) is 0 Å². The van der Waals surface area contributed by atoms with E-state index in [1.165, 1.54) is 5.56 Å². The SMILES string of the molecule is COc1ccc(OCCN(C)C(=O)NCC(c2ccccc2)N(C)C)cc1. The van der Waals surface area contributed by atoms with Gasteiger partial charge in [-0.1, -0.05) is 30.3 Å². The van der Waals surface area contributed by atoms with E-state index in [-0.39, 0.29) is 12.1 Å². The van der Waals surface area contributed by atoms with Crippen molar-refractivity contribution in [3.05, 3.63) is 60.2 Å². The van der Waals surface area contributed by atoms with Crippen LogP contribution in [0.3, 0.4) is 0 Å². The summed E-state index contributed by atoms with van der Waals surface area (Å²) in [5.74, 6) is 1.54. The first-order chi connectivity index (χ1) is 13.0. The average molecular weight is 371 g/mol. The van der Waals surface area contributed by atoms with Crippen molar-refractivity contribution in [2.24, 2.45) is 0 Å². The molecule has 0 saturated carbocycles. The van der Waals surface area contributed by atoms with Gasteiger partial charge in [0.25, 0.3) is 0 Å². The molecule has 0 heterocycles. The number of nitrogens with zero attached hydrogens (tertiary/aromatic N) is 2. The lowest BCUT2D eigenvalue weighted by Gasteiger charge is -2.26. The zero-order chi connectivity index (χ0) is 19.6. The minimum absolute atomic E-state index is 0.115. The quantitative estimate of drug-likeness (QED) is 0.736. The van der Waals surface area contributed by atoms with Crippen LogP contribution < -0.4 is 14.8 Å². The Bertz CT molecular complexity index is 690. The predicted octanol–water partition coefficient (Wildman–Crippen LogP) is 3.02. The number of hydrogen-bond acceptors (Lipinski definition) is 4. The zero-order valence-corrected chi connectivity index (χ0v) is 16.5. The summed E-state index contributed by atoms with van der Waals surface area (Å²) < 4.78 is 10.8. The van der Waals surface area contributed by atoms with Gasteiger partial charge in [0.05, 0.1) is 19.7 Å². The second kappa shape index (κ2) is 10.4.